The average Bonchev–Trinajstić information content (AvgIpc) is 2.28. The van der Waals surface area contributed by atoms with Gasteiger partial charge in [0.25, 0.3) is 0 Å². The molecule has 0 aliphatic heterocycles. The van der Waals surface area contributed by atoms with Gasteiger partial charge in [-0.25, -0.2) is 0 Å². The summed E-state index contributed by atoms with van der Waals surface area (Å²) in [5.41, 5.74) is 1.17. The van der Waals surface area contributed by atoms with Crippen molar-refractivity contribution >= 4 is 5.69 Å². The smallest absolute Gasteiger partial charge is 0.119 e. The van der Waals surface area contributed by atoms with E-state index in [1.165, 1.54) is 5.69 Å². The van der Waals surface area contributed by atoms with Crippen molar-refractivity contribution in [1.29, 1.82) is 0 Å². The minimum atomic E-state index is 0.364. The molecule has 0 radical (unpaired) electrons. The summed E-state index contributed by atoms with van der Waals surface area (Å²) in [5, 5.41) is 0. The number of hydrogen-bond donors (Lipinski definition) is 0. The molecule has 0 N–H and O–H groups in total. The van der Waals surface area contributed by atoms with Crippen LogP contribution in [0.1, 0.15) is 6.92 Å². The van der Waals surface area contributed by atoms with E-state index in [1.807, 2.05) is 24.3 Å². The minimum absolute atomic E-state index is 0.364. The van der Waals surface area contributed by atoms with Crippen molar-refractivity contribution in [2.75, 3.05) is 32.8 Å². The van der Waals surface area contributed by atoms with Gasteiger partial charge in [0.1, 0.15) is 5.75 Å². The topological polar surface area (TPSA) is 21.7 Å². The molecular weight excluding hydrogens is 190 g/mol. The van der Waals surface area contributed by atoms with Crippen molar-refractivity contribution in [3.63, 3.8) is 0 Å². The number of benzene rings is 1. The zero-order valence-corrected chi connectivity index (χ0v) is 9.86. The normalized spacial score (nSPS) is 12.3. The third kappa shape index (κ3) is 3.13. The third-order valence-electron chi connectivity index (χ3n) is 2.55. The fourth-order valence-electron chi connectivity index (χ4n) is 1.42. The lowest BCUT2D eigenvalue weighted by Gasteiger charge is -2.26. The van der Waals surface area contributed by atoms with Crippen LogP contribution in [-0.2, 0) is 4.74 Å². The molecule has 0 heterocycles. The van der Waals surface area contributed by atoms with Gasteiger partial charge in [0.15, 0.2) is 0 Å². The molecule has 0 spiro atoms. The quantitative estimate of drug-likeness (QED) is 0.741. The highest BCUT2D eigenvalue weighted by Gasteiger charge is 2.09. The van der Waals surface area contributed by atoms with Gasteiger partial charge in [-0.05, 0) is 31.2 Å². The molecule has 3 heteroatoms. The second kappa shape index (κ2) is 5.61. The van der Waals surface area contributed by atoms with E-state index in [2.05, 4.69) is 18.9 Å². The molecule has 0 saturated carbocycles. The van der Waals surface area contributed by atoms with Crippen molar-refractivity contribution in [2.24, 2.45) is 0 Å². The first-order valence-electron chi connectivity index (χ1n) is 5.05. The van der Waals surface area contributed by atoms with Crippen LogP contribution in [0.2, 0.25) is 0 Å². The molecule has 0 bridgehead atoms. The molecule has 0 aromatic heterocycles. The fourth-order valence-corrected chi connectivity index (χ4v) is 1.42. The third-order valence-corrected chi connectivity index (χ3v) is 2.55. The molecule has 0 fully saturated rings. The van der Waals surface area contributed by atoms with Crippen LogP contribution >= 0.6 is 0 Å². The Kier molecular flexibility index (Phi) is 4.43. The number of likely N-dealkylation sites (N-methyl/N-ethyl adjacent to an activating group) is 1. The number of anilines is 1. The Balaban J connectivity index is 2.69. The van der Waals surface area contributed by atoms with Crippen LogP contribution < -0.4 is 9.64 Å². The van der Waals surface area contributed by atoms with Crippen molar-refractivity contribution in [1.82, 2.24) is 0 Å². The Morgan fingerprint density at radius 2 is 1.80 bits per heavy atom. The summed E-state index contributed by atoms with van der Waals surface area (Å²) >= 11 is 0. The molecule has 84 valence electrons. The van der Waals surface area contributed by atoms with Crippen LogP contribution in [0.25, 0.3) is 0 Å². The lowest BCUT2D eigenvalue weighted by Crippen LogP contribution is -2.32. The summed E-state index contributed by atoms with van der Waals surface area (Å²) in [6, 6.07) is 8.38. The van der Waals surface area contributed by atoms with Gasteiger partial charge in [0.2, 0.25) is 0 Å². The average molecular weight is 209 g/mol. The SMILES string of the molecule is COCC(C)N(C)c1ccc(OC)cc1. The largest absolute Gasteiger partial charge is 0.497 e. The summed E-state index contributed by atoms with van der Waals surface area (Å²) in [6.07, 6.45) is 0. The van der Waals surface area contributed by atoms with Crippen molar-refractivity contribution in [2.45, 2.75) is 13.0 Å². The number of hydrogen-bond acceptors (Lipinski definition) is 3. The molecule has 15 heavy (non-hydrogen) atoms. The van der Waals surface area contributed by atoms with E-state index >= 15 is 0 Å². The predicted octanol–water partition coefficient (Wildman–Crippen LogP) is 2.17. The molecule has 0 aliphatic rings. The number of nitrogens with zero attached hydrogens (tertiary/aromatic N) is 1. The Hall–Kier alpha value is -1.22. The van der Waals surface area contributed by atoms with Gasteiger partial charge < -0.3 is 14.4 Å². The molecule has 1 rings (SSSR count). The van der Waals surface area contributed by atoms with E-state index < -0.39 is 0 Å². The van der Waals surface area contributed by atoms with Gasteiger partial charge in [-0.2, -0.15) is 0 Å². The van der Waals surface area contributed by atoms with E-state index in [4.69, 9.17) is 9.47 Å². The van der Waals surface area contributed by atoms with Crippen molar-refractivity contribution in [3.8, 4) is 5.75 Å². The zero-order chi connectivity index (χ0) is 11.3. The molecule has 1 atom stereocenters. The van der Waals surface area contributed by atoms with Crippen LogP contribution in [0, 0.1) is 0 Å². The Morgan fingerprint density at radius 3 is 2.27 bits per heavy atom. The van der Waals surface area contributed by atoms with Crippen LogP contribution in [-0.4, -0.2) is 33.9 Å². The van der Waals surface area contributed by atoms with Gasteiger partial charge in [-0.1, -0.05) is 0 Å². The Morgan fingerprint density at radius 1 is 1.20 bits per heavy atom. The van der Waals surface area contributed by atoms with Crippen molar-refractivity contribution in [3.05, 3.63) is 24.3 Å². The van der Waals surface area contributed by atoms with Crippen LogP contribution in [0.15, 0.2) is 24.3 Å². The minimum Gasteiger partial charge on any atom is -0.497 e. The van der Waals surface area contributed by atoms with E-state index in [0.29, 0.717) is 6.04 Å². The van der Waals surface area contributed by atoms with Gasteiger partial charge in [-0.15, -0.1) is 0 Å². The number of ether oxygens (including phenoxy) is 2. The van der Waals surface area contributed by atoms with Gasteiger partial charge in [0, 0.05) is 25.9 Å². The molecular formula is C12H19NO2. The molecule has 0 amide bonds. The van der Waals surface area contributed by atoms with Gasteiger partial charge >= 0.3 is 0 Å². The van der Waals surface area contributed by atoms with Gasteiger partial charge in [0.05, 0.1) is 13.7 Å². The lowest BCUT2D eigenvalue weighted by molar-refractivity contribution is 0.183. The molecule has 1 aromatic rings. The van der Waals surface area contributed by atoms with E-state index in [0.717, 1.165) is 12.4 Å². The molecule has 0 aliphatic carbocycles. The highest BCUT2D eigenvalue weighted by Crippen LogP contribution is 2.19. The summed E-state index contributed by atoms with van der Waals surface area (Å²) < 4.78 is 10.2. The van der Waals surface area contributed by atoms with Crippen LogP contribution in [0.4, 0.5) is 5.69 Å². The monoisotopic (exact) mass is 209 g/mol. The molecule has 3 nitrogen and oxygen atoms in total. The predicted molar refractivity (Wildman–Crippen MR) is 62.7 cm³/mol. The Bertz CT molecular complexity index is 284. The number of methoxy groups -OCH3 is 2. The number of rotatable bonds is 5. The summed E-state index contributed by atoms with van der Waals surface area (Å²) in [7, 11) is 5.45. The molecule has 1 aromatic carbocycles. The van der Waals surface area contributed by atoms with Crippen LogP contribution in [0.5, 0.6) is 5.75 Å². The van der Waals surface area contributed by atoms with Crippen molar-refractivity contribution < 1.29 is 9.47 Å². The molecule has 1 unspecified atom stereocenters. The first-order chi connectivity index (χ1) is 7.19. The first kappa shape index (κ1) is 11.9. The maximum absolute atomic E-state index is 5.12. The lowest BCUT2D eigenvalue weighted by atomic mass is 10.2. The second-order valence-corrected chi connectivity index (χ2v) is 3.61. The van der Waals surface area contributed by atoms with E-state index in [-0.39, 0.29) is 0 Å². The van der Waals surface area contributed by atoms with Crippen LogP contribution in [0.3, 0.4) is 0 Å². The first-order valence-corrected chi connectivity index (χ1v) is 5.05. The highest BCUT2D eigenvalue weighted by molar-refractivity contribution is 5.49. The standard InChI is InChI=1S/C12H19NO2/c1-10(9-14-3)13(2)11-5-7-12(15-4)8-6-11/h5-8,10H,9H2,1-4H3. The highest BCUT2D eigenvalue weighted by atomic mass is 16.5. The molecule has 0 saturated heterocycles. The summed E-state index contributed by atoms with van der Waals surface area (Å²) in [5.74, 6) is 0.881. The summed E-state index contributed by atoms with van der Waals surface area (Å²) in [4.78, 5) is 2.18. The van der Waals surface area contributed by atoms with E-state index in [1.54, 1.807) is 14.2 Å². The fraction of sp³-hybridized carbons (Fsp3) is 0.500. The summed E-state index contributed by atoms with van der Waals surface area (Å²) in [6.45, 7) is 2.86. The zero-order valence-electron chi connectivity index (χ0n) is 9.86. The maximum atomic E-state index is 5.12. The van der Waals surface area contributed by atoms with E-state index in [9.17, 15) is 0 Å². The maximum Gasteiger partial charge on any atom is 0.119 e. The Labute approximate surface area is 91.6 Å². The van der Waals surface area contributed by atoms with Gasteiger partial charge in [-0.3, -0.25) is 0 Å². The second-order valence-electron chi connectivity index (χ2n) is 3.61.